The van der Waals surface area contributed by atoms with Crippen molar-refractivity contribution >= 4 is 33.5 Å². The molecule has 1 aromatic carbocycles. The third-order valence-electron chi connectivity index (χ3n) is 2.05. The number of rotatable bonds is 4. The van der Waals surface area contributed by atoms with E-state index in [0.29, 0.717) is 11.6 Å². The van der Waals surface area contributed by atoms with Gasteiger partial charge in [0.15, 0.2) is 0 Å². The number of hydrogen-bond acceptors (Lipinski definition) is 3. The summed E-state index contributed by atoms with van der Waals surface area (Å²) in [5.41, 5.74) is 6.62. The van der Waals surface area contributed by atoms with Crippen LogP contribution >= 0.6 is 27.5 Å². The molecule has 0 bridgehead atoms. The Bertz CT molecular complexity index is 384. The molecule has 0 spiro atoms. The Hall–Kier alpha value is -0.580. The lowest BCUT2D eigenvalue weighted by Crippen LogP contribution is -2.17. The summed E-state index contributed by atoms with van der Waals surface area (Å²) >= 11 is 9.33. The van der Waals surface area contributed by atoms with Crippen LogP contribution in [0.3, 0.4) is 0 Å². The molecule has 3 nitrogen and oxygen atoms in total. The summed E-state index contributed by atoms with van der Waals surface area (Å²) in [5, 5.41) is 0.547. The number of hydrogen-bond donors (Lipinski definition) is 1. The van der Waals surface area contributed by atoms with Crippen molar-refractivity contribution in [3.05, 3.63) is 33.3 Å². The minimum atomic E-state index is -0.431. The van der Waals surface area contributed by atoms with Crippen molar-refractivity contribution in [2.75, 3.05) is 6.61 Å². The molecule has 2 N–H and O–H groups in total. The highest BCUT2D eigenvalue weighted by atomic mass is 79.9. The first-order chi connectivity index (χ1) is 7.54. The van der Waals surface area contributed by atoms with Gasteiger partial charge in [0.1, 0.15) is 0 Å². The predicted octanol–water partition coefficient (Wildman–Crippen LogP) is 3.06. The largest absolute Gasteiger partial charge is 0.466 e. The molecule has 0 amide bonds. The van der Waals surface area contributed by atoms with Gasteiger partial charge in [-0.1, -0.05) is 33.6 Å². The predicted molar refractivity (Wildman–Crippen MR) is 67.3 cm³/mol. The second-order valence-electron chi connectivity index (χ2n) is 3.28. The molecular weight excluding hydrogens is 293 g/mol. The number of ether oxygens (including phenoxy) is 1. The highest BCUT2D eigenvalue weighted by molar-refractivity contribution is 9.10. The Morgan fingerprint density at radius 3 is 2.88 bits per heavy atom. The molecule has 0 aromatic heterocycles. The van der Waals surface area contributed by atoms with Crippen LogP contribution < -0.4 is 5.73 Å². The fourth-order valence-electron chi connectivity index (χ4n) is 1.31. The van der Waals surface area contributed by atoms with Crippen molar-refractivity contribution in [1.29, 1.82) is 0 Å². The van der Waals surface area contributed by atoms with Crippen molar-refractivity contribution in [1.82, 2.24) is 0 Å². The molecule has 0 fully saturated rings. The van der Waals surface area contributed by atoms with Crippen LogP contribution in [0.4, 0.5) is 0 Å². The molecule has 0 saturated heterocycles. The van der Waals surface area contributed by atoms with E-state index in [-0.39, 0.29) is 12.4 Å². The van der Waals surface area contributed by atoms with E-state index in [1.165, 1.54) is 0 Å². The first-order valence-corrected chi connectivity index (χ1v) is 6.07. The minimum Gasteiger partial charge on any atom is -0.466 e. The molecule has 0 saturated carbocycles. The SMILES string of the molecule is CCOC(=O)CC(N)c1ccc(Br)cc1Cl. The van der Waals surface area contributed by atoms with Gasteiger partial charge in [-0.2, -0.15) is 0 Å². The number of nitrogens with two attached hydrogens (primary N) is 1. The van der Waals surface area contributed by atoms with E-state index in [2.05, 4.69) is 15.9 Å². The zero-order chi connectivity index (χ0) is 12.1. The Balaban J connectivity index is 2.72. The summed E-state index contributed by atoms with van der Waals surface area (Å²) in [6.07, 6.45) is 0.134. The number of halogens is 2. The molecule has 1 rings (SSSR count). The van der Waals surface area contributed by atoms with Crippen LogP contribution in [0.25, 0.3) is 0 Å². The molecular formula is C11H13BrClNO2. The second kappa shape index (κ2) is 6.23. The summed E-state index contributed by atoms with van der Waals surface area (Å²) in [5.74, 6) is -0.311. The summed E-state index contributed by atoms with van der Waals surface area (Å²) < 4.78 is 5.71. The first-order valence-electron chi connectivity index (χ1n) is 4.90. The van der Waals surface area contributed by atoms with E-state index in [0.717, 1.165) is 10.0 Å². The smallest absolute Gasteiger partial charge is 0.307 e. The van der Waals surface area contributed by atoms with Crippen LogP contribution in [0.15, 0.2) is 22.7 Å². The third kappa shape index (κ3) is 3.77. The maximum atomic E-state index is 11.3. The quantitative estimate of drug-likeness (QED) is 0.870. The van der Waals surface area contributed by atoms with Crippen LogP contribution in [0.1, 0.15) is 24.9 Å². The third-order valence-corrected chi connectivity index (χ3v) is 2.87. The van der Waals surface area contributed by atoms with Gasteiger partial charge >= 0.3 is 5.97 Å². The number of benzene rings is 1. The van der Waals surface area contributed by atoms with Crippen LogP contribution in [0.5, 0.6) is 0 Å². The van der Waals surface area contributed by atoms with Crippen molar-refractivity contribution in [2.24, 2.45) is 5.73 Å². The van der Waals surface area contributed by atoms with E-state index in [4.69, 9.17) is 22.1 Å². The monoisotopic (exact) mass is 305 g/mol. The van der Waals surface area contributed by atoms with Crippen LogP contribution in [0, 0.1) is 0 Å². The molecule has 16 heavy (non-hydrogen) atoms. The zero-order valence-electron chi connectivity index (χ0n) is 8.87. The standard InChI is InChI=1S/C11H13BrClNO2/c1-2-16-11(15)6-10(14)8-4-3-7(12)5-9(8)13/h3-5,10H,2,6,14H2,1H3. The summed E-state index contributed by atoms with van der Waals surface area (Å²) in [7, 11) is 0. The Morgan fingerprint density at radius 2 is 2.31 bits per heavy atom. The first kappa shape index (κ1) is 13.5. The average molecular weight is 307 g/mol. The molecule has 5 heteroatoms. The van der Waals surface area contributed by atoms with Gasteiger partial charge in [0, 0.05) is 15.5 Å². The van der Waals surface area contributed by atoms with Gasteiger partial charge in [-0.15, -0.1) is 0 Å². The lowest BCUT2D eigenvalue weighted by molar-refractivity contribution is -0.143. The fraction of sp³-hybridized carbons (Fsp3) is 0.364. The average Bonchev–Trinajstić information content (AvgIpc) is 2.17. The summed E-state index contributed by atoms with van der Waals surface area (Å²) in [4.78, 5) is 11.3. The second-order valence-corrected chi connectivity index (χ2v) is 4.60. The van der Waals surface area contributed by atoms with Crippen LogP contribution in [0.2, 0.25) is 5.02 Å². The molecule has 0 radical (unpaired) electrons. The van der Waals surface area contributed by atoms with E-state index >= 15 is 0 Å². The van der Waals surface area contributed by atoms with Gasteiger partial charge in [-0.25, -0.2) is 0 Å². The molecule has 88 valence electrons. The van der Waals surface area contributed by atoms with E-state index in [1.807, 2.05) is 6.07 Å². The molecule has 1 aromatic rings. The topological polar surface area (TPSA) is 52.3 Å². The van der Waals surface area contributed by atoms with Gasteiger partial charge in [-0.3, -0.25) is 4.79 Å². The van der Waals surface area contributed by atoms with Gasteiger partial charge in [-0.05, 0) is 24.6 Å². The maximum Gasteiger partial charge on any atom is 0.307 e. The van der Waals surface area contributed by atoms with E-state index in [9.17, 15) is 4.79 Å². The molecule has 0 aliphatic rings. The fourth-order valence-corrected chi connectivity index (χ4v) is 2.13. The molecule has 0 heterocycles. The van der Waals surface area contributed by atoms with Crippen molar-refractivity contribution in [3.8, 4) is 0 Å². The Kier molecular flexibility index (Phi) is 5.25. The van der Waals surface area contributed by atoms with E-state index in [1.54, 1.807) is 19.1 Å². The van der Waals surface area contributed by atoms with Crippen molar-refractivity contribution < 1.29 is 9.53 Å². The zero-order valence-corrected chi connectivity index (χ0v) is 11.2. The van der Waals surface area contributed by atoms with Gasteiger partial charge < -0.3 is 10.5 Å². The lowest BCUT2D eigenvalue weighted by Gasteiger charge is -2.13. The number of carbonyl (C=O) groups excluding carboxylic acids is 1. The minimum absolute atomic E-state index is 0.134. The Morgan fingerprint density at radius 1 is 1.62 bits per heavy atom. The normalized spacial score (nSPS) is 12.2. The van der Waals surface area contributed by atoms with Crippen LogP contribution in [-0.2, 0) is 9.53 Å². The van der Waals surface area contributed by atoms with Crippen molar-refractivity contribution in [2.45, 2.75) is 19.4 Å². The van der Waals surface area contributed by atoms with Crippen LogP contribution in [-0.4, -0.2) is 12.6 Å². The lowest BCUT2D eigenvalue weighted by atomic mass is 10.1. The molecule has 1 atom stereocenters. The van der Waals surface area contributed by atoms with Gasteiger partial charge in [0.25, 0.3) is 0 Å². The highest BCUT2D eigenvalue weighted by Gasteiger charge is 2.15. The Labute approximate surface area is 108 Å². The van der Waals surface area contributed by atoms with E-state index < -0.39 is 6.04 Å². The van der Waals surface area contributed by atoms with Gasteiger partial charge in [0.05, 0.1) is 13.0 Å². The highest BCUT2D eigenvalue weighted by Crippen LogP contribution is 2.27. The molecule has 0 aliphatic heterocycles. The van der Waals surface area contributed by atoms with Gasteiger partial charge in [0.2, 0.25) is 0 Å². The molecule has 1 unspecified atom stereocenters. The number of esters is 1. The maximum absolute atomic E-state index is 11.3. The van der Waals surface area contributed by atoms with Crippen molar-refractivity contribution in [3.63, 3.8) is 0 Å². The summed E-state index contributed by atoms with van der Waals surface area (Å²) in [6, 6.07) is 4.96. The number of carbonyl (C=O) groups is 1. The summed E-state index contributed by atoms with van der Waals surface area (Å²) in [6.45, 7) is 2.12. The molecule has 0 aliphatic carbocycles.